The number of ketones is 1. The van der Waals surface area contributed by atoms with Crippen LogP contribution in [0, 0.1) is 5.41 Å². The zero-order valence-corrected chi connectivity index (χ0v) is 19.0. The normalized spacial score (nSPS) is 19.4. The van der Waals surface area contributed by atoms with E-state index in [1.165, 1.54) is 26.0 Å². The first-order valence-electron chi connectivity index (χ1n) is 10.6. The van der Waals surface area contributed by atoms with Crippen molar-refractivity contribution in [2.75, 3.05) is 6.61 Å². The van der Waals surface area contributed by atoms with E-state index < -0.39 is 41.2 Å². The van der Waals surface area contributed by atoms with Gasteiger partial charge in [-0.15, -0.1) is 0 Å². The second kappa shape index (κ2) is 11.5. The topological polar surface area (TPSA) is 148 Å². The van der Waals surface area contributed by atoms with Crippen LogP contribution in [0.1, 0.15) is 39.2 Å². The van der Waals surface area contributed by atoms with E-state index in [0.717, 1.165) is 5.56 Å². The largest absolute Gasteiger partial charge is 0.465 e. The minimum atomic E-state index is -1.38. The number of carbonyl (C=O) groups excluding carboxylic acids is 4. The van der Waals surface area contributed by atoms with E-state index in [2.05, 4.69) is 0 Å². The Kier molecular flexibility index (Phi) is 9.07. The van der Waals surface area contributed by atoms with Gasteiger partial charge in [0.1, 0.15) is 6.04 Å². The summed E-state index contributed by atoms with van der Waals surface area (Å²) in [5.74, 6) is -2.36. The van der Waals surface area contributed by atoms with Gasteiger partial charge in [-0.3, -0.25) is 19.2 Å². The summed E-state index contributed by atoms with van der Waals surface area (Å²) >= 11 is 0. The van der Waals surface area contributed by atoms with Crippen molar-refractivity contribution in [1.29, 1.82) is 0 Å². The Morgan fingerprint density at radius 2 is 1.64 bits per heavy atom. The number of benzene rings is 1. The van der Waals surface area contributed by atoms with Crippen molar-refractivity contribution in [3.05, 3.63) is 59.6 Å². The lowest BCUT2D eigenvalue weighted by molar-refractivity contribution is -0.146. The number of Topliss-reactive ketones (excluding diaryl/α,β-unsaturated/α-hetero) is 1. The fraction of sp³-hybridized carbons (Fsp3) is 0.417. The van der Waals surface area contributed by atoms with Gasteiger partial charge < -0.3 is 25.7 Å². The molecule has 0 aliphatic heterocycles. The average Bonchev–Trinajstić information content (AvgIpc) is 2.75. The SMILES string of the molecule is CCOC(=O)[C@@H](N)CC1(C(=O)[C@@H](N)Cc2ccccc2)C=CC(OC(C)=O)=C(OC(C)=O)C1. The summed E-state index contributed by atoms with van der Waals surface area (Å²) in [6.45, 7) is 4.16. The van der Waals surface area contributed by atoms with E-state index in [0.29, 0.717) is 0 Å². The molecule has 0 saturated heterocycles. The zero-order chi connectivity index (χ0) is 24.6. The molecule has 1 aromatic carbocycles. The number of hydrogen-bond acceptors (Lipinski definition) is 9. The minimum Gasteiger partial charge on any atom is -0.465 e. The monoisotopic (exact) mass is 458 g/mol. The molecule has 0 radical (unpaired) electrons. The van der Waals surface area contributed by atoms with Crippen LogP contribution >= 0.6 is 0 Å². The summed E-state index contributed by atoms with van der Waals surface area (Å²) in [6.07, 6.45) is 2.83. The first kappa shape index (κ1) is 26.0. The fourth-order valence-corrected chi connectivity index (χ4v) is 3.73. The van der Waals surface area contributed by atoms with Gasteiger partial charge >= 0.3 is 17.9 Å². The van der Waals surface area contributed by atoms with Crippen LogP contribution in [0.25, 0.3) is 0 Å². The molecule has 1 unspecified atom stereocenters. The lowest BCUT2D eigenvalue weighted by atomic mass is 9.69. The van der Waals surface area contributed by atoms with Crippen LogP contribution in [0.4, 0.5) is 0 Å². The molecular weight excluding hydrogens is 428 g/mol. The summed E-state index contributed by atoms with van der Waals surface area (Å²) < 4.78 is 15.4. The third-order valence-corrected chi connectivity index (χ3v) is 5.12. The van der Waals surface area contributed by atoms with Crippen LogP contribution in [0.3, 0.4) is 0 Å². The van der Waals surface area contributed by atoms with Crippen molar-refractivity contribution in [1.82, 2.24) is 0 Å². The van der Waals surface area contributed by atoms with E-state index in [1.807, 2.05) is 30.3 Å². The Hall–Kier alpha value is -3.30. The number of hydrogen-bond donors (Lipinski definition) is 2. The van der Waals surface area contributed by atoms with Gasteiger partial charge in [0.15, 0.2) is 17.3 Å². The van der Waals surface area contributed by atoms with Crippen molar-refractivity contribution in [3.63, 3.8) is 0 Å². The minimum absolute atomic E-state index is 0.00228. The second-order valence-corrected chi connectivity index (χ2v) is 7.86. The smallest absolute Gasteiger partial charge is 0.322 e. The highest BCUT2D eigenvalue weighted by molar-refractivity contribution is 5.93. The molecular formula is C24H30N2O7. The molecule has 1 aliphatic carbocycles. The fourth-order valence-electron chi connectivity index (χ4n) is 3.73. The summed E-state index contributed by atoms with van der Waals surface area (Å²) in [7, 11) is 0. The van der Waals surface area contributed by atoms with Gasteiger partial charge in [0.05, 0.1) is 18.1 Å². The van der Waals surface area contributed by atoms with Crippen molar-refractivity contribution < 1.29 is 33.4 Å². The molecule has 4 N–H and O–H groups in total. The van der Waals surface area contributed by atoms with Crippen molar-refractivity contribution in [3.8, 4) is 0 Å². The van der Waals surface area contributed by atoms with E-state index >= 15 is 0 Å². The Labute approximate surface area is 192 Å². The molecule has 2 rings (SSSR count). The molecule has 0 bridgehead atoms. The quantitative estimate of drug-likeness (QED) is 0.395. The zero-order valence-electron chi connectivity index (χ0n) is 19.0. The van der Waals surface area contributed by atoms with Gasteiger partial charge in [-0.1, -0.05) is 36.4 Å². The number of esters is 3. The highest BCUT2D eigenvalue weighted by atomic mass is 16.6. The number of carbonyl (C=O) groups is 4. The Morgan fingerprint density at radius 3 is 2.21 bits per heavy atom. The van der Waals surface area contributed by atoms with E-state index in [4.69, 9.17) is 25.7 Å². The van der Waals surface area contributed by atoms with Crippen molar-refractivity contribution >= 4 is 23.7 Å². The summed E-state index contributed by atoms with van der Waals surface area (Å²) in [5.41, 5.74) is 11.8. The molecule has 0 fully saturated rings. The summed E-state index contributed by atoms with van der Waals surface area (Å²) in [5, 5.41) is 0. The predicted molar refractivity (Wildman–Crippen MR) is 119 cm³/mol. The van der Waals surface area contributed by atoms with Crippen LogP contribution in [-0.4, -0.2) is 42.4 Å². The van der Waals surface area contributed by atoms with Gasteiger partial charge in [-0.25, -0.2) is 0 Å². The first-order chi connectivity index (χ1) is 15.6. The highest BCUT2D eigenvalue weighted by Crippen LogP contribution is 2.41. The standard InChI is InChI=1S/C24H30N2O7/c1-4-31-23(30)19(26)13-24(22(29)18(25)12-17-8-6-5-7-9-17)11-10-20(32-15(2)27)21(14-24)33-16(3)28/h5-11,18-19H,4,12-14,25-26H2,1-3H3/t18-,19-,24?/m0/s1. The molecule has 0 spiro atoms. The van der Waals surface area contributed by atoms with Crippen LogP contribution in [0.15, 0.2) is 54.0 Å². The molecule has 3 atom stereocenters. The molecule has 0 saturated carbocycles. The Bertz CT molecular complexity index is 955. The third-order valence-electron chi connectivity index (χ3n) is 5.12. The van der Waals surface area contributed by atoms with Crippen LogP contribution in [0.2, 0.25) is 0 Å². The lowest BCUT2D eigenvalue weighted by Gasteiger charge is -2.36. The van der Waals surface area contributed by atoms with Crippen molar-refractivity contribution in [2.24, 2.45) is 16.9 Å². The molecule has 1 aliphatic rings. The predicted octanol–water partition coefficient (Wildman–Crippen LogP) is 1.69. The number of ether oxygens (including phenoxy) is 3. The Balaban J connectivity index is 2.42. The molecule has 0 amide bonds. The molecule has 9 heteroatoms. The highest BCUT2D eigenvalue weighted by Gasteiger charge is 2.45. The van der Waals surface area contributed by atoms with E-state index in [1.54, 1.807) is 6.92 Å². The third kappa shape index (κ3) is 7.10. The molecule has 33 heavy (non-hydrogen) atoms. The van der Waals surface area contributed by atoms with Gasteiger partial charge in [-0.2, -0.15) is 0 Å². The van der Waals surface area contributed by atoms with E-state index in [-0.39, 0.29) is 37.4 Å². The summed E-state index contributed by atoms with van der Waals surface area (Å²) in [6, 6.07) is 7.18. The van der Waals surface area contributed by atoms with Gasteiger partial charge in [0.25, 0.3) is 0 Å². The number of nitrogens with two attached hydrogens (primary N) is 2. The van der Waals surface area contributed by atoms with Crippen LogP contribution < -0.4 is 11.5 Å². The maximum Gasteiger partial charge on any atom is 0.322 e. The lowest BCUT2D eigenvalue weighted by Crippen LogP contribution is -2.49. The van der Waals surface area contributed by atoms with E-state index in [9.17, 15) is 19.2 Å². The number of allylic oxidation sites excluding steroid dienone is 3. The van der Waals surface area contributed by atoms with Gasteiger partial charge in [0, 0.05) is 20.3 Å². The van der Waals surface area contributed by atoms with Gasteiger partial charge in [-0.05, 0) is 31.4 Å². The number of rotatable bonds is 10. The maximum absolute atomic E-state index is 13.6. The Morgan fingerprint density at radius 1 is 1.00 bits per heavy atom. The average molecular weight is 459 g/mol. The second-order valence-electron chi connectivity index (χ2n) is 7.86. The van der Waals surface area contributed by atoms with Crippen molar-refractivity contribution in [2.45, 2.75) is 52.1 Å². The first-order valence-corrected chi connectivity index (χ1v) is 10.6. The molecule has 178 valence electrons. The molecule has 1 aromatic rings. The molecule has 9 nitrogen and oxygen atoms in total. The molecule has 0 aromatic heterocycles. The summed E-state index contributed by atoms with van der Waals surface area (Å²) in [4.78, 5) is 49.1. The van der Waals surface area contributed by atoms with Crippen LogP contribution in [-0.2, 0) is 39.8 Å². The van der Waals surface area contributed by atoms with Gasteiger partial charge in [0.2, 0.25) is 0 Å². The van der Waals surface area contributed by atoms with Crippen LogP contribution in [0.5, 0.6) is 0 Å². The maximum atomic E-state index is 13.6. The molecule has 0 heterocycles.